The molecule has 0 aliphatic heterocycles. The van der Waals surface area contributed by atoms with Gasteiger partial charge in [-0.1, -0.05) is 5.16 Å². The fourth-order valence-electron chi connectivity index (χ4n) is 0.844. The van der Waals surface area contributed by atoms with Crippen molar-refractivity contribution in [1.82, 2.24) is 0 Å². The highest BCUT2D eigenvalue weighted by atomic mass is 16.6. The lowest BCUT2D eigenvalue weighted by molar-refractivity contribution is -0.138. The molecule has 1 aromatic carbocycles. The van der Waals surface area contributed by atoms with Gasteiger partial charge in [0.05, 0.1) is 12.6 Å². The lowest BCUT2D eigenvalue weighted by Crippen LogP contribution is -1.99. The van der Waals surface area contributed by atoms with E-state index in [0.717, 1.165) is 5.56 Å². The second-order valence-electron chi connectivity index (χ2n) is 2.80. The molecular weight excluding hydrogens is 198 g/mol. The number of benzene rings is 1. The van der Waals surface area contributed by atoms with Crippen molar-refractivity contribution in [3.05, 3.63) is 29.8 Å². The van der Waals surface area contributed by atoms with E-state index in [2.05, 4.69) is 5.16 Å². The third-order valence-corrected chi connectivity index (χ3v) is 1.58. The van der Waals surface area contributed by atoms with Gasteiger partial charge in [0.2, 0.25) is 0 Å². The van der Waals surface area contributed by atoms with Gasteiger partial charge in [-0.15, -0.1) is 0 Å². The maximum absolute atomic E-state index is 10.1. The standard InChI is InChI=1S/C10H11NO4/c12-9-3-1-8(2-4-9)7-11-15-6-5-10(13)14/h1-4,7,12H,5-6H2,(H,13,14)/b11-7+. The lowest BCUT2D eigenvalue weighted by atomic mass is 10.2. The van der Waals surface area contributed by atoms with E-state index >= 15 is 0 Å². The molecule has 80 valence electrons. The van der Waals surface area contributed by atoms with Gasteiger partial charge >= 0.3 is 5.97 Å². The summed E-state index contributed by atoms with van der Waals surface area (Å²) in [7, 11) is 0. The zero-order valence-electron chi connectivity index (χ0n) is 7.96. The number of aromatic hydroxyl groups is 1. The van der Waals surface area contributed by atoms with Gasteiger partial charge < -0.3 is 15.1 Å². The first-order chi connectivity index (χ1) is 7.18. The molecule has 0 unspecified atom stereocenters. The third kappa shape index (κ3) is 4.66. The molecule has 15 heavy (non-hydrogen) atoms. The molecule has 0 aliphatic rings. The van der Waals surface area contributed by atoms with Crippen LogP contribution in [0.4, 0.5) is 0 Å². The van der Waals surface area contributed by atoms with Gasteiger partial charge in [-0.3, -0.25) is 4.79 Å². The van der Waals surface area contributed by atoms with Crippen molar-refractivity contribution in [2.24, 2.45) is 5.16 Å². The maximum atomic E-state index is 10.1. The summed E-state index contributed by atoms with van der Waals surface area (Å²) in [6, 6.07) is 6.38. The predicted molar refractivity (Wildman–Crippen MR) is 53.9 cm³/mol. The molecule has 1 aromatic rings. The smallest absolute Gasteiger partial charge is 0.306 e. The monoisotopic (exact) mass is 209 g/mol. The quantitative estimate of drug-likeness (QED) is 0.434. The van der Waals surface area contributed by atoms with E-state index in [4.69, 9.17) is 15.1 Å². The highest BCUT2D eigenvalue weighted by Crippen LogP contribution is 2.07. The number of carboxylic acids is 1. The van der Waals surface area contributed by atoms with Crippen molar-refractivity contribution in [1.29, 1.82) is 0 Å². The van der Waals surface area contributed by atoms with Gasteiger partial charge in [0, 0.05) is 0 Å². The van der Waals surface area contributed by atoms with Crippen molar-refractivity contribution >= 4 is 12.2 Å². The number of carbonyl (C=O) groups is 1. The average Bonchev–Trinajstić information content (AvgIpc) is 2.20. The second kappa shape index (κ2) is 5.64. The Morgan fingerprint density at radius 1 is 1.40 bits per heavy atom. The number of aliphatic carboxylic acids is 1. The summed E-state index contributed by atoms with van der Waals surface area (Å²) in [4.78, 5) is 14.8. The average molecular weight is 209 g/mol. The Balaban J connectivity index is 2.32. The predicted octanol–water partition coefficient (Wildman–Crippen LogP) is 1.22. The molecule has 0 aliphatic carbocycles. The Morgan fingerprint density at radius 3 is 2.67 bits per heavy atom. The molecule has 5 heteroatoms. The largest absolute Gasteiger partial charge is 0.508 e. The molecule has 0 aromatic heterocycles. The topological polar surface area (TPSA) is 79.1 Å². The van der Waals surface area contributed by atoms with E-state index in [9.17, 15) is 4.79 Å². The summed E-state index contributed by atoms with van der Waals surface area (Å²) >= 11 is 0. The number of carboxylic acid groups (broad SMARTS) is 1. The third-order valence-electron chi connectivity index (χ3n) is 1.58. The molecule has 0 fully saturated rings. The summed E-state index contributed by atoms with van der Waals surface area (Å²) in [5, 5.41) is 20.9. The molecule has 0 heterocycles. The summed E-state index contributed by atoms with van der Waals surface area (Å²) in [6.07, 6.45) is 1.37. The Kier molecular flexibility index (Phi) is 4.15. The molecule has 0 spiro atoms. The number of rotatable bonds is 5. The van der Waals surface area contributed by atoms with E-state index in [1.54, 1.807) is 12.1 Å². The van der Waals surface area contributed by atoms with E-state index in [1.807, 2.05) is 0 Å². The Hall–Kier alpha value is -2.04. The minimum Gasteiger partial charge on any atom is -0.508 e. The minimum absolute atomic E-state index is 0.0456. The van der Waals surface area contributed by atoms with Crippen LogP contribution in [0.5, 0.6) is 5.75 Å². The number of hydrogen-bond donors (Lipinski definition) is 2. The fraction of sp³-hybridized carbons (Fsp3) is 0.200. The summed E-state index contributed by atoms with van der Waals surface area (Å²) in [5.41, 5.74) is 0.767. The molecule has 0 saturated carbocycles. The number of phenolic OH excluding ortho intramolecular Hbond substituents is 1. The SMILES string of the molecule is O=C(O)CCO/N=C/c1ccc(O)cc1. The Morgan fingerprint density at radius 2 is 2.07 bits per heavy atom. The lowest BCUT2D eigenvalue weighted by Gasteiger charge is -1.95. The van der Waals surface area contributed by atoms with Crippen LogP contribution >= 0.6 is 0 Å². The molecule has 0 atom stereocenters. The van der Waals surface area contributed by atoms with E-state index < -0.39 is 5.97 Å². The number of hydrogen-bond acceptors (Lipinski definition) is 4. The molecular formula is C10H11NO4. The van der Waals surface area contributed by atoms with Crippen molar-refractivity contribution in [2.45, 2.75) is 6.42 Å². The number of nitrogens with zero attached hydrogens (tertiary/aromatic N) is 1. The van der Waals surface area contributed by atoms with Gasteiger partial charge in [0.25, 0.3) is 0 Å². The van der Waals surface area contributed by atoms with Crippen molar-refractivity contribution in [2.75, 3.05) is 6.61 Å². The first kappa shape index (κ1) is 11.0. The van der Waals surface area contributed by atoms with Crippen LogP contribution in [-0.2, 0) is 9.63 Å². The van der Waals surface area contributed by atoms with Gasteiger partial charge in [-0.05, 0) is 29.8 Å². The summed E-state index contributed by atoms with van der Waals surface area (Å²) < 4.78 is 0. The molecule has 0 amide bonds. The van der Waals surface area contributed by atoms with Gasteiger partial charge in [-0.2, -0.15) is 0 Å². The normalized spacial score (nSPS) is 10.4. The van der Waals surface area contributed by atoms with Crippen molar-refractivity contribution in [3.63, 3.8) is 0 Å². The molecule has 0 bridgehead atoms. The number of phenols is 1. The first-order valence-corrected chi connectivity index (χ1v) is 4.34. The van der Waals surface area contributed by atoms with Crippen LogP contribution in [0.2, 0.25) is 0 Å². The van der Waals surface area contributed by atoms with Crippen LogP contribution in [0.1, 0.15) is 12.0 Å². The van der Waals surface area contributed by atoms with Crippen molar-refractivity contribution in [3.8, 4) is 5.75 Å². The molecule has 5 nitrogen and oxygen atoms in total. The van der Waals surface area contributed by atoms with Gasteiger partial charge in [0.15, 0.2) is 0 Å². The summed E-state index contributed by atoms with van der Waals surface area (Å²) in [5.74, 6) is -0.742. The van der Waals surface area contributed by atoms with Crippen LogP contribution in [-0.4, -0.2) is 29.0 Å². The molecule has 0 radical (unpaired) electrons. The molecule has 0 saturated heterocycles. The Labute approximate surface area is 86.6 Å². The van der Waals surface area contributed by atoms with Crippen molar-refractivity contribution < 1.29 is 19.8 Å². The van der Waals surface area contributed by atoms with Crippen LogP contribution in [0.15, 0.2) is 29.4 Å². The zero-order valence-corrected chi connectivity index (χ0v) is 7.96. The maximum Gasteiger partial charge on any atom is 0.306 e. The van der Waals surface area contributed by atoms with Gasteiger partial charge in [-0.25, -0.2) is 0 Å². The minimum atomic E-state index is -0.921. The van der Waals surface area contributed by atoms with Crippen LogP contribution in [0, 0.1) is 0 Å². The first-order valence-electron chi connectivity index (χ1n) is 4.34. The van der Waals surface area contributed by atoms with E-state index in [1.165, 1.54) is 18.3 Å². The Bertz CT molecular complexity index is 345. The number of oxime groups is 1. The van der Waals surface area contributed by atoms with E-state index in [-0.39, 0.29) is 18.8 Å². The van der Waals surface area contributed by atoms with Crippen LogP contribution in [0.25, 0.3) is 0 Å². The van der Waals surface area contributed by atoms with E-state index in [0.29, 0.717) is 0 Å². The fourth-order valence-corrected chi connectivity index (χ4v) is 0.844. The van der Waals surface area contributed by atoms with Crippen LogP contribution in [0.3, 0.4) is 0 Å². The molecule has 1 rings (SSSR count). The second-order valence-corrected chi connectivity index (χ2v) is 2.80. The highest BCUT2D eigenvalue weighted by Gasteiger charge is 1.94. The molecule has 2 N–H and O–H groups in total. The highest BCUT2D eigenvalue weighted by molar-refractivity contribution is 5.79. The van der Waals surface area contributed by atoms with Crippen LogP contribution < -0.4 is 0 Å². The zero-order chi connectivity index (χ0) is 11.1. The van der Waals surface area contributed by atoms with Gasteiger partial charge in [0.1, 0.15) is 12.4 Å². The summed E-state index contributed by atoms with van der Waals surface area (Å²) in [6.45, 7) is 0.0456.